The first-order valence-corrected chi connectivity index (χ1v) is 6.77. The molecule has 7 heteroatoms. The van der Waals surface area contributed by atoms with Gasteiger partial charge in [-0.05, 0) is 19.1 Å². The Morgan fingerprint density at radius 2 is 2.29 bits per heavy atom. The van der Waals surface area contributed by atoms with E-state index in [1.807, 2.05) is 31.2 Å². The predicted molar refractivity (Wildman–Crippen MR) is 77.2 cm³/mol. The highest BCUT2D eigenvalue weighted by molar-refractivity contribution is 5.93. The maximum Gasteiger partial charge on any atom is 0.250 e. The zero-order valence-corrected chi connectivity index (χ0v) is 11.7. The zero-order valence-electron chi connectivity index (χ0n) is 11.7. The van der Waals surface area contributed by atoms with Crippen LogP contribution >= 0.6 is 0 Å². The first-order chi connectivity index (χ1) is 10.2. The third-order valence-electron chi connectivity index (χ3n) is 3.40. The van der Waals surface area contributed by atoms with Crippen molar-refractivity contribution in [2.75, 3.05) is 25.0 Å². The summed E-state index contributed by atoms with van der Waals surface area (Å²) < 4.78 is 7.23. The SMILES string of the molecule is CC1(OCC(=O)Nc2ccccc2-n2ccnn2)CNC1. The van der Waals surface area contributed by atoms with Crippen molar-refractivity contribution in [1.82, 2.24) is 20.3 Å². The molecule has 1 aromatic heterocycles. The molecule has 110 valence electrons. The fourth-order valence-corrected chi connectivity index (χ4v) is 2.12. The largest absolute Gasteiger partial charge is 0.363 e. The summed E-state index contributed by atoms with van der Waals surface area (Å²) in [5.74, 6) is -0.185. The Balaban J connectivity index is 1.66. The van der Waals surface area contributed by atoms with Gasteiger partial charge in [0.05, 0.1) is 29.4 Å². The molecule has 0 atom stereocenters. The maximum absolute atomic E-state index is 12.0. The van der Waals surface area contributed by atoms with Crippen LogP contribution in [0, 0.1) is 0 Å². The molecule has 0 saturated carbocycles. The minimum absolute atomic E-state index is 0.0316. The van der Waals surface area contributed by atoms with E-state index >= 15 is 0 Å². The second-order valence-corrected chi connectivity index (χ2v) is 5.26. The topological polar surface area (TPSA) is 81.1 Å². The molecule has 1 fully saturated rings. The first-order valence-electron chi connectivity index (χ1n) is 6.77. The summed E-state index contributed by atoms with van der Waals surface area (Å²) in [6.07, 6.45) is 3.31. The van der Waals surface area contributed by atoms with E-state index in [1.165, 1.54) is 0 Å². The van der Waals surface area contributed by atoms with Gasteiger partial charge in [-0.25, -0.2) is 4.68 Å². The van der Waals surface area contributed by atoms with Crippen LogP contribution in [0.4, 0.5) is 5.69 Å². The van der Waals surface area contributed by atoms with Crippen molar-refractivity contribution in [2.24, 2.45) is 0 Å². The number of hydrogen-bond donors (Lipinski definition) is 2. The lowest BCUT2D eigenvalue weighted by molar-refractivity contribution is -0.130. The van der Waals surface area contributed by atoms with Crippen LogP contribution in [0.2, 0.25) is 0 Å². The first kappa shape index (κ1) is 13.7. The summed E-state index contributed by atoms with van der Waals surface area (Å²) in [4.78, 5) is 12.0. The second kappa shape index (κ2) is 5.63. The molecular formula is C14H17N5O2. The Morgan fingerprint density at radius 3 is 2.95 bits per heavy atom. The normalized spacial score (nSPS) is 16.2. The average molecular weight is 287 g/mol. The van der Waals surface area contributed by atoms with E-state index in [9.17, 15) is 4.79 Å². The van der Waals surface area contributed by atoms with Gasteiger partial charge in [0, 0.05) is 13.1 Å². The summed E-state index contributed by atoms with van der Waals surface area (Å²) in [6, 6.07) is 7.42. The Hall–Kier alpha value is -2.25. The smallest absolute Gasteiger partial charge is 0.250 e. The van der Waals surface area contributed by atoms with Gasteiger partial charge in [-0.15, -0.1) is 5.10 Å². The van der Waals surface area contributed by atoms with E-state index in [4.69, 9.17) is 4.74 Å². The molecule has 0 unspecified atom stereocenters. The average Bonchev–Trinajstić information content (AvgIpc) is 2.98. The Labute approximate surface area is 122 Å². The number of nitrogens with zero attached hydrogens (tertiary/aromatic N) is 3. The molecule has 1 aliphatic rings. The number of para-hydroxylation sites is 2. The van der Waals surface area contributed by atoms with Gasteiger partial charge in [-0.2, -0.15) is 0 Å². The quantitative estimate of drug-likeness (QED) is 0.841. The molecule has 0 spiro atoms. The minimum atomic E-state index is -0.233. The van der Waals surface area contributed by atoms with E-state index < -0.39 is 0 Å². The van der Waals surface area contributed by atoms with Crippen molar-refractivity contribution in [3.05, 3.63) is 36.7 Å². The maximum atomic E-state index is 12.0. The summed E-state index contributed by atoms with van der Waals surface area (Å²) in [5, 5.41) is 13.7. The monoisotopic (exact) mass is 287 g/mol. The third kappa shape index (κ3) is 3.09. The number of hydrogen-bond acceptors (Lipinski definition) is 5. The molecule has 21 heavy (non-hydrogen) atoms. The molecule has 1 saturated heterocycles. The zero-order chi connectivity index (χ0) is 14.7. The molecular weight excluding hydrogens is 270 g/mol. The van der Waals surface area contributed by atoms with Gasteiger partial charge in [-0.3, -0.25) is 4.79 Å². The van der Waals surface area contributed by atoms with Crippen molar-refractivity contribution in [2.45, 2.75) is 12.5 Å². The number of aromatic nitrogens is 3. The highest BCUT2D eigenvalue weighted by Crippen LogP contribution is 2.19. The molecule has 0 aliphatic carbocycles. The lowest BCUT2D eigenvalue weighted by Crippen LogP contribution is -2.59. The molecule has 2 N–H and O–H groups in total. The van der Waals surface area contributed by atoms with E-state index in [0.717, 1.165) is 18.8 Å². The number of nitrogens with one attached hydrogen (secondary N) is 2. The van der Waals surface area contributed by atoms with Crippen molar-refractivity contribution in [1.29, 1.82) is 0 Å². The molecule has 2 aromatic rings. The molecule has 0 radical (unpaired) electrons. The lowest BCUT2D eigenvalue weighted by Gasteiger charge is -2.38. The van der Waals surface area contributed by atoms with Crippen LogP contribution in [0.5, 0.6) is 0 Å². The highest BCUT2D eigenvalue weighted by atomic mass is 16.5. The fraction of sp³-hybridized carbons (Fsp3) is 0.357. The third-order valence-corrected chi connectivity index (χ3v) is 3.40. The van der Waals surface area contributed by atoms with Gasteiger partial charge in [-0.1, -0.05) is 17.3 Å². The molecule has 0 bridgehead atoms. The Morgan fingerprint density at radius 1 is 1.48 bits per heavy atom. The number of anilines is 1. The Bertz CT molecular complexity index is 622. The molecule has 3 rings (SSSR count). The van der Waals surface area contributed by atoms with Crippen LogP contribution in [0.15, 0.2) is 36.7 Å². The van der Waals surface area contributed by atoms with Crippen molar-refractivity contribution >= 4 is 11.6 Å². The lowest BCUT2D eigenvalue weighted by atomic mass is 10.0. The van der Waals surface area contributed by atoms with E-state index in [-0.39, 0.29) is 18.1 Å². The van der Waals surface area contributed by atoms with Gasteiger partial charge in [0.25, 0.3) is 0 Å². The van der Waals surface area contributed by atoms with E-state index in [1.54, 1.807) is 17.1 Å². The van der Waals surface area contributed by atoms with Gasteiger partial charge in [0.15, 0.2) is 0 Å². The summed E-state index contributed by atoms with van der Waals surface area (Å²) in [7, 11) is 0. The molecule has 1 aromatic carbocycles. The molecule has 1 amide bonds. The van der Waals surface area contributed by atoms with E-state index in [2.05, 4.69) is 20.9 Å². The van der Waals surface area contributed by atoms with Crippen molar-refractivity contribution in [3.63, 3.8) is 0 Å². The molecule has 1 aliphatic heterocycles. The van der Waals surface area contributed by atoms with Gasteiger partial charge < -0.3 is 15.4 Å². The standard InChI is InChI=1S/C14H17N5O2/c1-14(9-15-10-14)21-8-13(20)17-11-4-2-3-5-12(11)19-7-6-16-18-19/h2-7,15H,8-10H2,1H3,(H,17,20). The molecule has 7 nitrogen and oxygen atoms in total. The van der Waals surface area contributed by atoms with Crippen molar-refractivity contribution in [3.8, 4) is 5.69 Å². The van der Waals surface area contributed by atoms with Crippen LogP contribution in [0.25, 0.3) is 5.69 Å². The van der Waals surface area contributed by atoms with Gasteiger partial charge >= 0.3 is 0 Å². The van der Waals surface area contributed by atoms with Crippen molar-refractivity contribution < 1.29 is 9.53 Å². The Kier molecular flexibility index (Phi) is 3.68. The minimum Gasteiger partial charge on any atom is -0.363 e. The highest BCUT2D eigenvalue weighted by Gasteiger charge is 2.33. The summed E-state index contributed by atoms with van der Waals surface area (Å²) in [5.41, 5.74) is 1.20. The summed E-state index contributed by atoms with van der Waals surface area (Å²) in [6.45, 7) is 3.57. The van der Waals surface area contributed by atoms with Gasteiger partial charge in [0.2, 0.25) is 5.91 Å². The number of amides is 1. The van der Waals surface area contributed by atoms with Crippen LogP contribution in [-0.2, 0) is 9.53 Å². The molecule has 2 heterocycles. The predicted octanol–water partition coefficient (Wildman–Crippen LogP) is 0.584. The van der Waals surface area contributed by atoms with Crippen LogP contribution in [-0.4, -0.2) is 46.2 Å². The van der Waals surface area contributed by atoms with Crippen LogP contribution in [0.1, 0.15) is 6.92 Å². The van der Waals surface area contributed by atoms with Crippen LogP contribution < -0.4 is 10.6 Å². The van der Waals surface area contributed by atoms with Crippen LogP contribution in [0.3, 0.4) is 0 Å². The fourth-order valence-electron chi connectivity index (χ4n) is 2.12. The van der Waals surface area contributed by atoms with E-state index in [0.29, 0.717) is 5.69 Å². The number of ether oxygens (including phenoxy) is 1. The summed E-state index contributed by atoms with van der Waals surface area (Å²) >= 11 is 0. The van der Waals surface area contributed by atoms with Gasteiger partial charge in [0.1, 0.15) is 6.61 Å². The number of rotatable bonds is 5. The second-order valence-electron chi connectivity index (χ2n) is 5.26. The number of benzene rings is 1. The number of carbonyl (C=O) groups is 1. The number of carbonyl (C=O) groups excluding carboxylic acids is 1.